The molecule has 2 N–H and O–H groups in total. The van der Waals surface area contributed by atoms with Gasteiger partial charge in [0.2, 0.25) is 0 Å². The van der Waals surface area contributed by atoms with Crippen LogP contribution in [-0.2, 0) is 6.42 Å². The van der Waals surface area contributed by atoms with Crippen LogP contribution in [0.4, 0.5) is 0 Å². The molecule has 0 bridgehead atoms. The second-order valence-electron chi connectivity index (χ2n) is 11.0. The largest absolute Gasteiger partial charge is 0.620 e. The molecule has 2 aromatic carbocycles. The van der Waals surface area contributed by atoms with Crippen molar-refractivity contribution >= 4 is 33.1 Å². The van der Waals surface area contributed by atoms with Gasteiger partial charge in [0, 0.05) is 24.8 Å². The fraction of sp³-hybridized carbons (Fsp3) is 0.483. The van der Waals surface area contributed by atoms with Gasteiger partial charge in [0.1, 0.15) is 5.75 Å². The average molecular weight is 461 g/mol. The zero-order valence-corrected chi connectivity index (χ0v) is 22.1. The zero-order chi connectivity index (χ0) is 24.0. The highest BCUT2D eigenvalue weighted by molar-refractivity contribution is 7.19. The summed E-state index contributed by atoms with van der Waals surface area (Å²) < 4.78 is 4.93. The molecular weight excluding hydrogens is 422 g/mol. The van der Waals surface area contributed by atoms with E-state index in [1.807, 2.05) is 19.6 Å². The molecule has 173 valence electrons. The van der Waals surface area contributed by atoms with E-state index in [4.69, 9.17) is 4.65 Å². The van der Waals surface area contributed by atoms with E-state index < -0.39 is 0 Å². The zero-order valence-electron chi connectivity index (χ0n) is 20.9. The van der Waals surface area contributed by atoms with Crippen molar-refractivity contribution in [2.24, 2.45) is 11.8 Å². The maximum atomic E-state index is 11.4. The molecule has 4 atom stereocenters. The summed E-state index contributed by atoms with van der Waals surface area (Å²) in [4.78, 5) is 0. The van der Waals surface area contributed by atoms with Crippen molar-refractivity contribution in [1.82, 2.24) is 0 Å². The first-order valence-corrected chi connectivity index (χ1v) is 13.0. The minimum atomic E-state index is -0.285. The number of phenols is 1. The lowest BCUT2D eigenvalue weighted by Gasteiger charge is -2.30. The van der Waals surface area contributed by atoms with E-state index in [2.05, 4.69) is 75.1 Å². The number of benzene rings is 2. The van der Waals surface area contributed by atoms with Crippen LogP contribution in [0.2, 0.25) is 0 Å². The summed E-state index contributed by atoms with van der Waals surface area (Å²) in [6.45, 7) is 15.2. The lowest BCUT2D eigenvalue weighted by atomic mass is 9.74. The topological polar surface area (TPSA) is 33.0 Å². The molecule has 0 aromatic heterocycles. The van der Waals surface area contributed by atoms with Gasteiger partial charge in [-0.2, -0.15) is 0 Å². The van der Waals surface area contributed by atoms with Crippen molar-refractivity contribution in [3.63, 3.8) is 0 Å². The van der Waals surface area contributed by atoms with Crippen LogP contribution in [-0.4, -0.2) is 28.0 Å². The lowest BCUT2D eigenvalue weighted by molar-refractivity contribution is -0.0398. The molecule has 1 radical (unpaired) electrons. The van der Waals surface area contributed by atoms with Crippen LogP contribution in [0.25, 0.3) is 16.3 Å². The first kappa shape index (κ1) is 24.4. The Labute approximate surface area is 203 Å². The maximum absolute atomic E-state index is 11.4. The van der Waals surface area contributed by atoms with Crippen LogP contribution in [0, 0.1) is 18.8 Å². The Balaban J connectivity index is 1.75. The first-order valence-electron chi connectivity index (χ1n) is 12.4. The van der Waals surface area contributed by atoms with Gasteiger partial charge in [-0.3, -0.25) is 0 Å². The minimum absolute atomic E-state index is 0.239. The maximum Gasteiger partial charge on any atom is 0.620 e. The van der Waals surface area contributed by atoms with Gasteiger partial charge in [-0.25, -0.2) is 0 Å². The predicted molar refractivity (Wildman–Crippen MR) is 147 cm³/mol. The van der Waals surface area contributed by atoms with Crippen molar-refractivity contribution in [1.29, 1.82) is 0 Å². The number of phenolic OH excluding ortho intramolecular Hbond substituents is 1. The lowest BCUT2D eigenvalue weighted by Crippen LogP contribution is -2.47. The van der Waals surface area contributed by atoms with Crippen LogP contribution < -0.4 is 0 Å². The summed E-state index contributed by atoms with van der Waals surface area (Å²) in [6, 6.07) is 10.5. The molecule has 0 spiro atoms. The SMILES string of the molecule is [CH2+]C(C)(P)C(C)(C)[OH+][B]C1=CC(c2cc(CC)c3ccccc3c2O)=C(CC2CC2C)CC1. The molecule has 33 heavy (non-hydrogen) atoms. The minimum Gasteiger partial charge on any atom is -0.529 e. The fourth-order valence-electron chi connectivity index (χ4n) is 4.70. The van der Waals surface area contributed by atoms with Crippen LogP contribution >= 0.6 is 9.24 Å². The van der Waals surface area contributed by atoms with E-state index in [1.54, 1.807) is 0 Å². The Morgan fingerprint density at radius 1 is 1.18 bits per heavy atom. The second kappa shape index (κ2) is 9.16. The molecule has 4 heteroatoms. The van der Waals surface area contributed by atoms with Gasteiger partial charge in [-0.05, 0) is 78.9 Å². The van der Waals surface area contributed by atoms with E-state index in [-0.39, 0.29) is 10.8 Å². The number of rotatable bonds is 8. The molecule has 2 nitrogen and oxygen atoms in total. The summed E-state index contributed by atoms with van der Waals surface area (Å²) >= 11 is 0. The third-order valence-corrected chi connectivity index (χ3v) is 8.64. The van der Waals surface area contributed by atoms with Crippen molar-refractivity contribution in [2.75, 3.05) is 0 Å². The summed E-state index contributed by atoms with van der Waals surface area (Å²) in [7, 11) is 4.87. The molecule has 2 aliphatic rings. The van der Waals surface area contributed by atoms with E-state index in [0.717, 1.165) is 53.9 Å². The standard InChI is InChI=1S/C29H38BO2P/c1-7-19-16-26(27(31)24-11-9-8-10-23(19)24)25-17-22(30-32-28(3,4)29(5,6)33)13-12-20(25)15-21-14-18(21)2/h8-11,16-18,21,32H,5,7,12-15,33H2,1-4,6H3/q+1/p+1. The molecule has 0 amide bonds. The molecule has 4 unspecified atom stereocenters. The first-order chi connectivity index (χ1) is 15.5. The molecular formula is C29H39BO2P+2. The van der Waals surface area contributed by atoms with Crippen LogP contribution in [0.15, 0.2) is 47.5 Å². The van der Waals surface area contributed by atoms with E-state index in [9.17, 15) is 5.11 Å². The van der Waals surface area contributed by atoms with Crippen LogP contribution in [0.5, 0.6) is 5.75 Å². The molecule has 0 heterocycles. The van der Waals surface area contributed by atoms with Gasteiger partial charge < -0.3 is 9.76 Å². The number of aromatic hydroxyl groups is 1. The number of hydrogen-bond acceptors (Lipinski definition) is 1. The summed E-state index contributed by atoms with van der Waals surface area (Å²) in [6.07, 6.45) is 7.73. The summed E-state index contributed by atoms with van der Waals surface area (Å²) in [5.41, 5.74) is 5.91. The Hall–Kier alpha value is -1.70. The van der Waals surface area contributed by atoms with Crippen molar-refractivity contribution in [2.45, 2.75) is 77.5 Å². The highest BCUT2D eigenvalue weighted by Gasteiger charge is 2.45. The molecule has 0 aliphatic heterocycles. The van der Waals surface area contributed by atoms with Gasteiger partial charge in [0.15, 0.2) is 10.8 Å². The third kappa shape index (κ3) is 5.05. The Morgan fingerprint density at radius 2 is 1.85 bits per heavy atom. The van der Waals surface area contributed by atoms with Gasteiger partial charge in [-0.1, -0.05) is 59.0 Å². The highest BCUT2D eigenvalue weighted by atomic mass is 31.0. The molecule has 1 saturated carbocycles. The van der Waals surface area contributed by atoms with E-state index in [1.165, 1.54) is 28.6 Å². The number of aliphatic hydroxyl groups is 1. The fourth-order valence-corrected chi connectivity index (χ4v) is 4.77. The Morgan fingerprint density at radius 3 is 2.45 bits per heavy atom. The Bertz CT molecular complexity index is 1110. The molecule has 1 fully saturated rings. The second-order valence-corrected chi connectivity index (χ2v) is 12.3. The molecule has 2 aromatic rings. The number of fused-ring (bicyclic) bond motifs is 1. The van der Waals surface area contributed by atoms with E-state index in [0.29, 0.717) is 5.75 Å². The summed E-state index contributed by atoms with van der Waals surface area (Å²) in [5.74, 6) is 2.01. The number of hydrogen-bond donors (Lipinski definition) is 1. The molecule has 4 rings (SSSR count). The van der Waals surface area contributed by atoms with Gasteiger partial charge in [-0.15, -0.1) is 0 Å². The predicted octanol–water partition coefficient (Wildman–Crippen LogP) is 6.98. The van der Waals surface area contributed by atoms with E-state index >= 15 is 0 Å². The van der Waals surface area contributed by atoms with Crippen LogP contribution in [0.1, 0.15) is 71.4 Å². The van der Waals surface area contributed by atoms with Gasteiger partial charge in [0.25, 0.3) is 0 Å². The molecule has 0 saturated heterocycles. The van der Waals surface area contributed by atoms with Crippen molar-refractivity contribution in [3.05, 3.63) is 65.5 Å². The number of aryl methyl sites for hydroxylation is 1. The van der Waals surface area contributed by atoms with Gasteiger partial charge >= 0.3 is 7.48 Å². The summed E-state index contributed by atoms with van der Waals surface area (Å²) in [5, 5.41) is 13.2. The number of allylic oxidation sites excluding steroid dienone is 4. The van der Waals surface area contributed by atoms with Gasteiger partial charge in [0.05, 0.1) is 6.92 Å². The quantitative estimate of drug-likeness (QED) is 0.196. The smallest absolute Gasteiger partial charge is 0.529 e. The average Bonchev–Trinajstić information content (AvgIpc) is 3.47. The normalized spacial score (nSPS) is 22.8. The van der Waals surface area contributed by atoms with Crippen LogP contribution in [0.3, 0.4) is 0 Å². The highest BCUT2D eigenvalue weighted by Crippen LogP contribution is 2.47. The third-order valence-electron chi connectivity index (χ3n) is 7.93. The monoisotopic (exact) mass is 461 g/mol. The van der Waals surface area contributed by atoms with Crippen molar-refractivity contribution in [3.8, 4) is 5.75 Å². The Kier molecular flexibility index (Phi) is 6.78. The van der Waals surface area contributed by atoms with Crippen molar-refractivity contribution < 1.29 is 9.76 Å². The molecule has 2 aliphatic carbocycles.